The van der Waals surface area contributed by atoms with E-state index in [9.17, 15) is 4.79 Å². The zero-order chi connectivity index (χ0) is 14.1. The maximum absolute atomic E-state index is 12.0. The Bertz CT molecular complexity index is 795. The Balaban J connectivity index is 1.91. The smallest absolute Gasteiger partial charge is 0.278 e. The van der Waals surface area contributed by atoms with E-state index < -0.39 is 5.91 Å². The van der Waals surface area contributed by atoms with Gasteiger partial charge in [0.15, 0.2) is 17.2 Å². The largest absolute Gasteiger partial charge is 0.382 e. The lowest BCUT2D eigenvalue weighted by Crippen LogP contribution is -2.16. The van der Waals surface area contributed by atoms with Gasteiger partial charge in [0.05, 0.1) is 11.9 Å². The molecule has 0 unspecified atom stereocenters. The number of fused-ring (bicyclic) bond motifs is 1. The molecule has 0 aliphatic carbocycles. The Labute approximate surface area is 113 Å². The topological polar surface area (TPSA) is 122 Å². The van der Waals surface area contributed by atoms with Crippen molar-refractivity contribution in [3.63, 3.8) is 0 Å². The SMILES string of the molecule is Cc1[nH]nc2ncc(NC(=O)c3nccnc3N)cc12. The standard InChI is InChI=1S/C12H11N7O/c1-6-8-4-7(5-16-11(8)19-18-6)17-12(20)9-10(13)15-3-2-14-9/h2-5H,1H3,(H2,13,15)(H,17,20)(H,16,18,19). The molecule has 8 heteroatoms. The zero-order valence-corrected chi connectivity index (χ0v) is 10.6. The van der Waals surface area contributed by atoms with Crippen LogP contribution in [0, 0.1) is 6.92 Å². The van der Waals surface area contributed by atoms with Gasteiger partial charge in [-0.3, -0.25) is 9.89 Å². The number of aromatic amines is 1. The van der Waals surface area contributed by atoms with E-state index in [1.165, 1.54) is 18.6 Å². The third kappa shape index (κ3) is 2.03. The van der Waals surface area contributed by atoms with Crippen molar-refractivity contribution in [1.29, 1.82) is 0 Å². The van der Waals surface area contributed by atoms with E-state index in [1.54, 1.807) is 6.07 Å². The lowest BCUT2D eigenvalue weighted by atomic mass is 10.2. The molecule has 3 aromatic heterocycles. The van der Waals surface area contributed by atoms with Crippen molar-refractivity contribution in [3.05, 3.63) is 36.0 Å². The first-order chi connectivity index (χ1) is 9.65. The van der Waals surface area contributed by atoms with E-state index in [0.29, 0.717) is 11.3 Å². The summed E-state index contributed by atoms with van der Waals surface area (Å²) in [7, 11) is 0. The molecule has 0 bridgehead atoms. The minimum Gasteiger partial charge on any atom is -0.382 e. The molecular weight excluding hydrogens is 258 g/mol. The quantitative estimate of drug-likeness (QED) is 0.635. The number of carbonyl (C=O) groups excluding carboxylic acids is 1. The Morgan fingerprint density at radius 1 is 1.30 bits per heavy atom. The number of anilines is 2. The van der Waals surface area contributed by atoms with Crippen LogP contribution in [0.2, 0.25) is 0 Å². The molecule has 4 N–H and O–H groups in total. The number of nitrogen functional groups attached to an aromatic ring is 1. The predicted molar refractivity (Wildman–Crippen MR) is 73.0 cm³/mol. The number of nitrogens with two attached hydrogens (primary N) is 1. The second kappa shape index (κ2) is 4.57. The van der Waals surface area contributed by atoms with Crippen LogP contribution < -0.4 is 11.1 Å². The number of aromatic nitrogens is 5. The molecule has 8 nitrogen and oxygen atoms in total. The summed E-state index contributed by atoms with van der Waals surface area (Å²) in [4.78, 5) is 23.9. The van der Waals surface area contributed by atoms with Gasteiger partial charge in [-0.05, 0) is 13.0 Å². The van der Waals surface area contributed by atoms with E-state index in [-0.39, 0.29) is 11.5 Å². The molecule has 3 rings (SSSR count). The van der Waals surface area contributed by atoms with Crippen molar-refractivity contribution in [2.75, 3.05) is 11.1 Å². The molecule has 0 saturated carbocycles. The minimum absolute atomic E-state index is 0.0801. The predicted octanol–water partition coefficient (Wildman–Crippen LogP) is 0.891. The number of hydrogen-bond acceptors (Lipinski definition) is 6. The highest BCUT2D eigenvalue weighted by Gasteiger charge is 2.13. The van der Waals surface area contributed by atoms with Gasteiger partial charge in [-0.2, -0.15) is 5.10 Å². The van der Waals surface area contributed by atoms with Crippen molar-refractivity contribution in [3.8, 4) is 0 Å². The van der Waals surface area contributed by atoms with Crippen molar-refractivity contribution in [2.45, 2.75) is 6.92 Å². The van der Waals surface area contributed by atoms with Crippen LogP contribution in [0.1, 0.15) is 16.2 Å². The fourth-order valence-corrected chi connectivity index (χ4v) is 1.80. The monoisotopic (exact) mass is 269 g/mol. The van der Waals surface area contributed by atoms with E-state index in [0.717, 1.165) is 11.1 Å². The number of H-pyrrole nitrogens is 1. The summed E-state index contributed by atoms with van der Waals surface area (Å²) in [6, 6.07) is 1.78. The summed E-state index contributed by atoms with van der Waals surface area (Å²) in [6.45, 7) is 1.88. The first-order valence-electron chi connectivity index (χ1n) is 5.83. The van der Waals surface area contributed by atoms with Crippen LogP contribution in [0.4, 0.5) is 11.5 Å². The van der Waals surface area contributed by atoms with Crippen molar-refractivity contribution in [1.82, 2.24) is 25.1 Å². The molecule has 0 saturated heterocycles. The number of nitrogens with zero attached hydrogens (tertiary/aromatic N) is 4. The molecule has 20 heavy (non-hydrogen) atoms. The van der Waals surface area contributed by atoms with Crippen molar-refractivity contribution < 1.29 is 4.79 Å². The normalized spacial score (nSPS) is 10.7. The lowest BCUT2D eigenvalue weighted by molar-refractivity contribution is 0.102. The number of carbonyl (C=O) groups is 1. The molecule has 0 radical (unpaired) electrons. The number of rotatable bonds is 2. The van der Waals surface area contributed by atoms with Crippen molar-refractivity contribution in [2.24, 2.45) is 0 Å². The Kier molecular flexibility index (Phi) is 2.75. The van der Waals surface area contributed by atoms with Gasteiger partial charge in [-0.15, -0.1) is 0 Å². The average molecular weight is 269 g/mol. The van der Waals surface area contributed by atoms with Crippen LogP contribution in [0.15, 0.2) is 24.7 Å². The first-order valence-corrected chi connectivity index (χ1v) is 5.83. The summed E-state index contributed by atoms with van der Waals surface area (Å²) in [5, 5.41) is 10.4. The maximum atomic E-state index is 12.0. The summed E-state index contributed by atoms with van der Waals surface area (Å²) in [6.07, 6.45) is 4.36. The summed E-state index contributed by atoms with van der Waals surface area (Å²) < 4.78 is 0. The van der Waals surface area contributed by atoms with Crippen LogP contribution in [0.5, 0.6) is 0 Å². The van der Waals surface area contributed by atoms with Crippen LogP contribution in [-0.2, 0) is 0 Å². The lowest BCUT2D eigenvalue weighted by Gasteiger charge is -2.05. The van der Waals surface area contributed by atoms with Gasteiger partial charge in [0.2, 0.25) is 0 Å². The fraction of sp³-hybridized carbons (Fsp3) is 0.0833. The Morgan fingerprint density at radius 2 is 2.10 bits per heavy atom. The fourth-order valence-electron chi connectivity index (χ4n) is 1.80. The molecule has 1 amide bonds. The minimum atomic E-state index is -0.433. The summed E-state index contributed by atoms with van der Waals surface area (Å²) >= 11 is 0. The molecule has 3 heterocycles. The number of aryl methyl sites for hydroxylation is 1. The molecular formula is C12H11N7O. The average Bonchev–Trinajstić information content (AvgIpc) is 2.81. The third-order valence-electron chi connectivity index (χ3n) is 2.80. The van der Waals surface area contributed by atoms with Gasteiger partial charge in [0.25, 0.3) is 5.91 Å². The van der Waals surface area contributed by atoms with Gasteiger partial charge < -0.3 is 11.1 Å². The highest BCUT2D eigenvalue weighted by Crippen LogP contribution is 2.18. The van der Waals surface area contributed by atoms with Crippen LogP contribution in [-0.4, -0.2) is 31.1 Å². The van der Waals surface area contributed by atoms with Crippen LogP contribution in [0.3, 0.4) is 0 Å². The van der Waals surface area contributed by atoms with Gasteiger partial charge >= 0.3 is 0 Å². The molecule has 0 aliphatic rings. The third-order valence-corrected chi connectivity index (χ3v) is 2.80. The number of pyridine rings is 1. The van der Waals surface area contributed by atoms with E-state index in [4.69, 9.17) is 5.73 Å². The molecule has 0 aromatic carbocycles. The van der Waals surface area contributed by atoms with Gasteiger partial charge in [0, 0.05) is 23.5 Å². The molecule has 3 aromatic rings. The molecule has 0 aliphatic heterocycles. The van der Waals surface area contributed by atoms with E-state index >= 15 is 0 Å². The molecule has 0 atom stereocenters. The summed E-state index contributed by atoms with van der Waals surface area (Å²) in [5.74, 6) is -0.351. The molecule has 0 spiro atoms. The Hall–Kier alpha value is -3.03. The number of hydrogen-bond donors (Lipinski definition) is 3. The van der Waals surface area contributed by atoms with Crippen LogP contribution in [0.25, 0.3) is 11.0 Å². The Morgan fingerprint density at radius 3 is 2.90 bits per heavy atom. The van der Waals surface area contributed by atoms with Gasteiger partial charge in [-0.1, -0.05) is 0 Å². The highest BCUT2D eigenvalue weighted by atomic mass is 16.1. The second-order valence-electron chi connectivity index (χ2n) is 4.19. The molecule has 0 fully saturated rings. The highest BCUT2D eigenvalue weighted by molar-refractivity contribution is 6.06. The first kappa shape index (κ1) is 12.0. The van der Waals surface area contributed by atoms with Gasteiger partial charge in [-0.25, -0.2) is 15.0 Å². The van der Waals surface area contributed by atoms with Gasteiger partial charge in [0.1, 0.15) is 0 Å². The van der Waals surface area contributed by atoms with E-state index in [1.807, 2.05) is 6.92 Å². The summed E-state index contributed by atoms with van der Waals surface area (Å²) in [5.41, 5.74) is 7.70. The van der Waals surface area contributed by atoms with E-state index in [2.05, 4.69) is 30.5 Å². The second-order valence-corrected chi connectivity index (χ2v) is 4.19. The zero-order valence-electron chi connectivity index (χ0n) is 10.6. The maximum Gasteiger partial charge on any atom is 0.278 e. The number of amides is 1. The van der Waals surface area contributed by atoms with Crippen molar-refractivity contribution >= 4 is 28.4 Å². The molecule has 100 valence electrons. The number of nitrogens with one attached hydrogen (secondary N) is 2. The van der Waals surface area contributed by atoms with Crippen LogP contribution >= 0.6 is 0 Å².